The fraction of sp³-hybridized carbons (Fsp3) is 0.500. The molecule has 1 aromatic rings. The van der Waals surface area contributed by atoms with Crippen LogP contribution in [0.15, 0.2) is 24.3 Å². The van der Waals surface area contributed by atoms with Gasteiger partial charge in [0.25, 0.3) is 0 Å². The highest BCUT2D eigenvalue weighted by Gasteiger charge is 2.24. The summed E-state index contributed by atoms with van der Waals surface area (Å²) in [7, 11) is 0. The number of rotatable bonds is 8. The summed E-state index contributed by atoms with van der Waals surface area (Å²) < 4.78 is 5.51. The summed E-state index contributed by atoms with van der Waals surface area (Å²) in [5, 5.41) is 13.0. The number of para-hydroxylation sites is 1. The Bertz CT molecular complexity index is 411. The average molecular weight is 261 g/mol. The first-order valence-electron chi connectivity index (χ1n) is 6.71. The van der Waals surface area contributed by atoms with Gasteiger partial charge in [-0.05, 0) is 18.9 Å². The smallest absolute Gasteiger partial charge is 0.148 e. The van der Waals surface area contributed by atoms with Crippen molar-refractivity contribution >= 4 is 0 Å². The molecule has 0 aliphatic rings. The zero-order valence-corrected chi connectivity index (χ0v) is 11.8. The minimum absolute atomic E-state index is 0.132. The number of benzene rings is 1. The lowest BCUT2D eigenvalue weighted by molar-refractivity contribution is 0.149. The van der Waals surface area contributed by atoms with Gasteiger partial charge >= 0.3 is 0 Å². The topological polar surface area (TPSA) is 41.5 Å². The molecule has 0 fully saturated rings. The number of aliphatic hydroxyl groups is 1. The molecular formula is C16H23NO2. The standard InChI is InChI=1S/C16H23NO2/c1-4-11-19-15-10-8-7-9-14(15)12-17-16(5-2,6-3)13-18/h1,7-10,17-18H,5-6,11-13H2,2-3H3. The molecule has 0 aromatic heterocycles. The maximum absolute atomic E-state index is 9.54. The number of hydrogen-bond acceptors (Lipinski definition) is 3. The molecule has 19 heavy (non-hydrogen) atoms. The van der Waals surface area contributed by atoms with Crippen LogP contribution >= 0.6 is 0 Å². The van der Waals surface area contributed by atoms with E-state index in [1.807, 2.05) is 24.3 Å². The summed E-state index contributed by atoms with van der Waals surface area (Å²) in [6, 6.07) is 7.81. The number of ether oxygens (including phenoxy) is 1. The monoisotopic (exact) mass is 261 g/mol. The van der Waals surface area contributed by atoms with E-state index in [9.17, 15) is 5.11 Å². The van der Waals surface area contributed by atoms with Gasteiger partial charge in [0.15, 0.2) is 0 Å². The van der Waals surface area contributed by atoms with Crippen LogP contribution in [0.3, 0.4) is 0 Å². The summed E-state index contributed by atoms with van der Waals surface area (Å²) in [6.45, 7) is 5.21. The lowest BCUT2D eigenvalue weighted by Gasteiger charge is -2.31. The van der Waals surface area contributed by atoms with Gasteiger partial charge in [0, 0.05) is 17.6 Å². The summed E-state index contributed by atoms with van der Waals surface area (Å²) in [4.78, 5) is 0. The van der Waals surface area contributed by atoms with Crippen molar-refractivity contribution in [3.63, 3.8) is 0 Å². The predicted molar refractivity (Wildman–Crippen MR) is 78.0 cm³/mol. The molecule has 2 N–H and O–H groups in total. The van der Waals surface area contributed by atoms with Crippen molar-refractivity contribution < 1.29 is 9.84 Å². The fourth-order valence-electron chi connectivity index (χ4n) is 1.97. The van der Waals surface area contributed by atoms with Gasteiger partial charge in [0.1, 0.15) is 12.4 Å². The van der Waals surface area contributed by atoms with E-state index < -0.39 is 0 Å². The maximum Gasteiger partial charge on any atom is 0.148 e. The first-order chi connectivity index (χ1) is 9.21. The molecule has 3 nitrogen and oxygen atoms in total. The van der Waals surface area contributed by atoms with Gasteiger partial charge in [-0.15, -0.1) is 6.42 Å². The van der Waals surface area contributed by atoms with E-state index in [1.54, 1.807) is 0 Å². The summed E-state index contributed by atoms with van der Waals surface area (Å²) in [6.07, 6.45) is 6.98. The van der Waals surface area contributed by atoms with E-state index in [4.69, 9.17) is 11.2 Å². The number of hydrogen-bond donors (Lipinski definition) is 2. The van der Waals surface area contributed by atoms with Crippen LogP contribution in [-0.4, -0.2) is 23.9 Å². The normalized spacial score (nSPS) is 11.1. The fourth-order valence-corrected chi connectivity index (χ4v) is 1.97. The van der Waals surface area contributed by atoms with E-state index in [-0.39, 0.29) is 18.8 Å². The maximum atomic E-state index is 9.54. The van der Waals surface area contributed by atoms with Crippen molar-refractivity contribution in [2.75, 3.05) is 13.2 Å². The Morgan fingerprint density at radius 3 is 2.58 bits per heavy atom. The highest BCUT2D eigenvalue weighted by molar-refractivity contribution is 5.33. The molecule has 104 valence electrons. The van der Waals surface area contributed by atoms with Crippen LogP contribution in [-0.2, 0) is 6.54 Å². The third-order valence-electron chi connectivity index (χ3n) is 3.59. The van der Waals surface area contributed by atoms with E-state index in [2.05, 4.69) is 25.1 Å². The SMILES string of the molecule is C#CCOc1ccccc1CNC(CC)(CC)CO. The molecule has 0 heterocycles. The molecule has 0 unspecified atom stereocenters. The zero-order valence-electron chi connectivity index (χ0n) is 11.8. The van der Waals surface area contributed by atoms with E-state index in [1.165, 1.54) is 0 Å². The second-order valence-corrected chi connectivity index (χ2v) is 4.60. The molecule has 1 rings (SSSR count). The van der Waals surface area contributed by atoms with Crippen LogP contribution in [0.2, 0.25) is 0 Å². The minimum Gasteiger partial charge on any atom is -0.481 e. The Balaban J connectivity index is 2.74. The van der Waals surface area contributed by atoms with Crippen molar-refractivity contribution in [1.29, 1.82) is 0 Å². The van der Waals surface area contributed by atoms with Crippen molar-refractivity contribution in [3.05, 3.63) is 29.8 Å². The molecule has 3 heteroatoms. The van der Waals surface area contributed by atoms with E-state index in [0.717, 1.165) is 24.2 Å². The number of nitrogens with one attached hydrogen (secondary N) is 1. The Morgan fingerprint density at radius 1 is 1.32 bits per heavy atom. The van der Waals surface area contributed by atoms with Gasteiger partial charge in [-0.3, -0.25) is 0 Å². The molecule has 0 amide bonds. The molecule has 1 aromatic carbocycles. The van der Waals surface area contributed by atoms with Gasteiger partial charge in [-0.25, -0.2) is 0 Å². The second-order valence-electron chi connectivity index (χ2n) is 4.60. The van der Waals surface area contributed by atoms with Gasteiger partial charge in [0.2, 0.25) is 0 Å². The lowest BCUT2D eigenvalue weighted by atomic mass is 9.93. The Kier molecular flexibility index (Phi) is 6.41. The van der Waals surface area contributed by atoms with E-state index in [0.29, 0.717) is 6.54 Å². The van der Waals surface area contributed by atoms with Crippen molar-refractivity contribution in [2.45, 2.75) is 38.8 Å². The second kappa shape index (κ2) is 7.83. The van der Waals surface area contributed by atoms with Crippen LogP contribution in [0.1, 0.15) is 32.3 Å². The van der Waals surface area contributed by atoms with Crippen LogP contribution in [0.25, 0.3) is 0 Å². The number of aliphatic hydroxyl groups excluding tert-OH is 1. The van der Waals surface area contributed by atoms with Crippen LogP contribution in [0, 0.1) is 12.3 Å². The Morgan fingerprint density at radius 2 is 2.00 bits per heavy atom. The average Bonchev–Trinajstić information content (AvgIpc) is 2.48. The summed E-state index contributed by atoms with van der Waals surface area (Å²) in [5.74, 6) is 3.26. The first-order valence-corrected chi connectivity index (χ1v) is 6.71. The van der Waals surface area contributed by atoms with Crippen molar-refractivity contribution in [2.24, 2.45) is 0 Å². The molecule has 0 aliphatic heterocycles. The van der Waals surface area contributed by atoms with Gasteiger partial charge in [-0.2, -0.15) is 0 Å². The molecule has 0 bridgehead atoms. The summed E-state index contributed by atoms with van der Waals surface area (Å²) >= 11 is 0. The Labute approximate surface area is 116 Å². The third-order valence-corrected chi connectivity index (χ3v) is 3.59. The van der Waals surface area contributed by atoms with Crippen molar-refractivity contribution in [3.8, 4) is 18.1 Å². The molecule has 0 saturated carbocycles. The van der Waals surface area contributed by atoms with Crippen molar-refractivity contribution in [1.82, 2.24) is 5.32 Å². The van der Waals surface area contributed by atoms with Crippen LogP contribution in [0.5, 0.6) is 5.75 Å². The van der Waals surface area contributed by atoms with Gasteiger partial charge in [-0.1, -0.05) is 38.0 Å². The highest BCUT2D eigenvalue weighted by Crippen LogP contribution is 2.20. The Hall–Kier alpha value is -1.50. The minimum atomic E-state index is -0.223. The lowest BCUT2D eigenvalue weighted by Crippen LogP contribution is -2.47. The van der Waals surface area contributed by atoms with Crippen LogP contribution < -0.4 is 10.1 Å². The first kappa shape index (κ1) is 15.6. The largest absolute Gasteiger partial charge is 0.481 e. The third kappa shape index (κ3) is 4.27. The molecule has 0 radical (unpaired) electrons. The predicted octanol–water partition coefficient (Wildman–Crippen LogP) is 2.34. The zero-order chi connectivity index (χ0) is 14.1. The van der Waals surface area contributed by atoms with Gasteiger partial charge < -0.3 is 15.2 Å². The van der Waals surface area contributed by atoms with E-state index >= 15 is 0 Å². The van der Waals surface area contributed by atoms with Crippen LogP contribution in [0.4, 0.5) is 0 Å². The molecule has 0 atom stereocenters. The molecule has 0 aliphatic carbocycles. The summed E-state index contributed by atoms with van der Waals surface area (Å²) in [5.41, 5.74) is 0.830. The molecule has 0 spiro atoms. The molecular weight excluding hydrogens is 238 g/mol. The van der Waals surface area contributed by atoms with Gasteiger partial charge in [0.05, 0.1) is 6.61 Å². The molecule has 0 saturated heterocycles. The number of terminal acetylenes is 1. The quantitative estimate of drug-likeness (QED) is 0.706. The highest BCUT2D eigenvalue weighted by atomic mass is 16.5.